The molecule has 0 aliphatic heterocycles. The van der Waals surface area contributed by atoms with Gasteiger partial charge in [-0.25, -0.2) is 4.79 Å². The second kappa shape index (κ2) is 6.19. The maximum absolute atomic E-state index is 11.8. The summed E-state index contributed by atoms with van der Waals surface area (Å²) in [5.74, 6) is 0.738. The van der Waals surface area contributed by atoms with Gasteiger partial charge in [-0.15, -0.1) is 0 Å². The van der Waals surface area contributed by atoms with Crippen LogP contribution < -0.4 is 15.4 Å². The van der Waals surface area contributed by atoms with E-state index in [-0.39, 0.29) is 6.03 Å². The van der Waals surface area contributed by atoms with Crippen LogP contribution in [0.15, 0.2) is 47.2 Å². The third-order valence-corrected chi connectivity index (χ3v) is 2.74. The first-order valence-electron chi connectivity index (χ1n) is 5.50. The molecule has 0 radical (unpaired) electrons. The Morgan fingerprint density at radius 2 is 1.84 bits per heavy atom. The molecule has 2 rings (SSSR count). The minimum absolute atomic E-state index is 0.329. The standard InChI is InChI=1S/C13H12BrN3O2/c1-19-12-4-2-10(3-5-12)16-13(18)17-11-6-9(14)7-15-8-11/h2-8H,1H3,(H2,16,17,18). The smallest absolute Gasteiger partial charge is 0.323 e. The fourth-order valence-electron chi connectivity index (χ4n) is 1.45. The first-order valence-corrected chi connectivity index (χ1v) is 6.29. The van der Waals surface area contributed by atoms with E-state index < -0.39 is 0 Å². The summed E-state index contributed by atoms with van der Waals surface area (Å²) in [6.45, 7) is 0. The highest BCUT2D eigenvalue weighted by molar-refractivity contribution is 9.10. The van der Waals surface area contributed by atoms with Gasteiger partial charge in [-0.05, 0) is 46.3 Å². The van der Waals surface area contributed by atoms with Crippen LogP contribution in [0.2, 0.25) is 0 Å². The minimum atomic E-state index is -0.329. The van der Waals surface area contributed by atoms with E-state index in [9.17, 15) is 4.79 Å². The molecule has 0 spiro atoms. The Balaban J connectivity index is 1.97. The van der Waals surface area contributed by atoms with Crippen molar-refractivity contribution in [2.75, 3.05) is 17.7 Å². The van der Waals surface area contributed by atoms with Gasteiger partial charge in [0.05, 0.1) is 19.0 Å². The Kier molecular flexibility index (Phi) is 4.35. The number of hydrogen-bond donors (Lipinski definition) is 2. The zero-order chi connectivity index (χ0) is 13.7. The van der Waals surface area contributed by atoms with E-state index in [0.29, 0.717) is 11.4 Å². The highest BCUT2D eigenvalue weighted by Crippen LogP contribution is 2.16. The summed E-state index contributed by atoms with van der Waals surface area (Å²) in [4.78, 5) is 15.7. The summed E-state index contributed by atoms with van der Waals surface area (Å²) in [5, 5.41) is 5.40. The number of ether oxygens (including phenoxy) is 1. The molecule has 0 saturated carbocycles. The highest BCUT2D eigenvalue weighted by atomic mass is 79.9. The van der Waals surface area contributed by atoms with E-state index in [4.69, 9.17) is 4.74 Å². The lowest BCUT2D eigenvalue weighted by Crippen LogP contribution is -2.19. The van der Waals surface area contributed by atoms with Crippen LogP contribution in [0.5, 0.6) is 5.75 Å². The molecule has 0 atom stereocenters. The maximum Gasteiger partial charge on any atom is 0.323 e. The second-order valence-corrected chi connectivity index (χ2v) is 4.62. The summed E-state index contributed by atoms with van der Waals surface area (Å²) in [6, 6.07) is 8.51. The molecule has 2 N–H and O–H groups in total. The van der Waals surface area contributed by atoms with E-state index in [1.165, 1.54) is 0 Å². The molecule has 0 aliphatic rings. The lowest BCUT2D eigenvalue weighted by molar-refractivity contribution is 0.262. The van der Waals surface area contributed by atoms with Gasteiger partial charge in [-0.2, -0.15) is 0 Å². The van der Waals surface area contributed by atoms with Crippen LogP contribution in [0.25, 0.3) is 0 Å². The molecular weight excluding hydrogens is 310 g/mol. The number of nitrogens with one attached hydrogen (secondary N) is 2. The van der Waals surface area contributed by atoms with Crippen LogP contribution in [0.4, 0.5) is 16.2 Å². The van der Waals surface area contributed by atoms with Gasteiger partial charge in [-0.3, -0.25) is 4.98 Å². The van der Waals surface area contributed by atoms with Crippen molar-refractivity contribution in [1.82, 2.24) is 4.98 Å². The molecule has 19 heavy (non-hydrogen) atoms. The Morgan fingerprint density at radius 3 is 2.47 bits per heavy atom. The van der Waals surface area contributed by atoms with Crippen LogP contribution in [0.3, 0.4) is 0 Å². The molecule has 6 heteroatoms. The quantitative estimate of drug-likeness (QED) is 0.909. The summed E-state index contributed by atoms with van der Waals surface area (Å²) in [5.41, 5.74) is 1.29. The first-order chi connectivity index (χ1) is 9.17. The normalized spacial score (nSPS) is 9.79. The minimum Gasteiger partial charge on any atom is -0.497 e. The van der Waals surface area contributed by atoms with Crippen LogP contribution in [-0.4, -0.2) is 18.1 Å². The van der Waals surface area contributed by atoms with Gasteiger partial charge < -0.3 is 15.4 Å². The Labute approximate surface area is 119 Å². The van der Waals surface area contributed by atoms with Crippen molar-refractivity contribution in [3.05, 3.63) is 47.2 Å². The largest absolute Gasteiger partial charge is 0.497 e. The predicted octanol–water partition coefficient (Wildman–Crippen LogP) is 3.50. The van der Waals surface area contributed by atoms with Gasteiger partial charge in [0.25, 0.3) is 0 Å². The first kappa shape index (κ1) is 13.4. The van der Waals surface area contributed by atoms with Crippen LogP contribution in [-0.2, 0) is 0 Å². The predicted molar refractivity (Wildman–Crippen MR) is 77.6 cm³/mol. The number of benzene rings is 1. The number of amides is 2. The number of pyridine rings is 1. The summed E-state index contributed by atoms with van der Waals surface area (Å²) in [6.07, 6.45) is 3.21. The van der Waals surface area contributed by atoms with Gasteiger partial charge in [0, 0.05) is 16.4 Å². The van der Waals surface area contributed by atoms with Gasteiger partial charge >= 0.3 is 6.03 Å². The van der Waals surface area contributed by atoms with Crippen molar-refractivity contribution in [2.24, 2.45) is 0 Å². The monoisotopic (exact) mass is 321 g/mol. The molecule has 1 aromatic heterocycles. The fraction of sp³-hybridized carbons (Fsp3) is 0.0769. The maximum atomic E-state index is 11.8. The molecule has 1 aromatic carbocycles. The van der Waals surface area contributed by atoms with Crippen molar-refractivity contribution in [2.45, 2.75) is 0 Å². The lowest BCUT2D eigenvalue weighted by Gasteiger charge is -2.08. The van der Waals surface area contributed by atoms with Gasteiger partial charge in [-0.1, -0.05) is 0 Å². The molecule has 1 heterocycles. The number of carbonyl (C=O) groups excluding carboxylic acids is 1. The fourth-order valence-corrected chi connectivity index (χ4v) is 1.81. The number of aromatic nitrogens is 1. The van der Waals surface area contributed by atoms with Crippen molar-refractivity contribution >= 4 is 33.3 Å². The van der Waals surface area contributed by atoms with Gasteiger partial charge in [0.15, 0.2) is 0 Å². The number of methoxy groups -OCH3 is 1. The number of rotatable bonds is 3. The molecule has 0 aliphatic carbocycles. The molecule has 0 unspecified atom stereocenters. The Hall–Kier alpha value is -2.08. The molecule has 0 fully saturated rings. The molecule has 2 aromatic rings. The molecule has 0 saturated heterocycles. The van der Waals surface area contributed by atoms with E-state index in [2.05, 4.69) is 31.5 Å². The summed E-state index contributed by atoms with van der Waals surface area (Å²) in [7, 11) is 1.59. The lowest BCUT2D eigenvalue weighted by atomic mass is 10.3. The van der Waals surface area contributed by atoms with Gasteiger partial charge in [0.2, 0.25) is 0 Å². The average Bonchev–Trinajstić information content (AvgIpc) is 2.39. The zero-order valence-electron chi connectivity index (χ0n) is 10.2. The summed E-state index contributed by atoms with van der Waals surface area (Å²) >= 11 is 3.29. The Bertz CT molecular complexity index is 572. The number of anilines is 2. The third kappa shape index (κ3) is 3.96. The van der Waals surface area contributed by atoms with Gasteiger partial charge in [0.1, 0.15) is 5.75 Å². The number of halogens is 1. The van der Waals surface area contributed by atoms with Crippen molar-refractivity contribution < 1.29 is 9.53 Å². The van der Waals surface area contributed by atoms with Crippen LogP contribution in [0.1, 0.15) is 0 Å². The number of urea groups is 1. The second-order valence-electron chi connectivity index (χ2n) is 3.70. The summed E-state index contributed by atoms with van der Waals surface area (Å²) < 4.78 is 5.84. The van der Waals surface area contributed by atoms with Crippen molar-refractivity contribution in [1.29, 1.82) is 0 Å². The molecule has 98 valence electrons. The van der Waals surface area contributed by atoms with Crippen LogP contribution >= 0.6 is 15.9 Å². The van der Waals surface area contributed by atoms with Crippen LogP contribution in [0, 0.1) is 0 Å². The molecule has 2 amide bonds. The van der Waals surface area contributed by atoms with E-state index in [1.54, 1.807) is 49.8 Å². The third-order valence-electron chi connectivity index (χ3n) is 2.31. The number of nitrogens with zero attached hydrogens (tertiary/aromatic N) is 1. The highest BCUT2D eigenvalue weighted by Gasteiger charge is 2.03. The topological polar surface area (TPSA) is 63.2 Å². The van der Waals surface area contributed by atoms with Crippen molar-refractivity contribution in [3.63, 3.8) is 0 Å². The zero-order valence-corrected chi connectivity index (χ0v) is 11.8. The number of hydrogen-bond acceptors (Lipinski definition) is 3. The van der Waals surface area contributed by atoms with E-state index in [1.807, 2.05) is 0 Å². The molecule has 5 nitrogen and oxygen atoms in total. The van der Waals surface area contributed by atoms with E-state index in [0.717, 1.165) is 10.2 Å². The van der Waals surface area contributed by atoms with Crippen molar-refractivity contribution in [3.8, 4) is 5.75 Å². The Morgan fingerprint density at radius 1 is 1.16 bits per heavy atom. The molecule has 0 bridgehead atoms. The average molecular weight is 322 g/mol. The SMILES string of the molecule is COc1ccc(NC(=O)Nc2cncc(Br)c2)cc1. The molecular formula is C13H12BrN3O2. The van der Waals surface area contributed by atoms with E-state index >= 15 is 0 Å². The number of carbonyl (C=O) groups is 1.